The first-order valence-electron chi connectivity index (χ1n) is 27.2. The summed E-state index contributed by atoms with van der Waals surface area (Å²) in [6.07, 6.45) is 0. The van der Waals surface area contributed by atoms with Crippen LogP contribution in [0.4, 0.5) is 34.1 Å². The highest BCUT2D eigenvalue weighted by atomic mass is 15.1. The van der Waals surface area contributed by atoms with Gasteiger partial charge < -0.3 is 14.4 Å². The number of fused-ring (bicyclic) bond motifs is 7. The summed E-state index contributed by atoms with van der Waals surface area (Å²) in [6, 6.07) is 94.4. The molecule has 0 amide bonds. The van der Waals surface area contributed by atoms with E-state index in [1.54, 1.807) is 0 Å². The molecule has 14 rings (SSSR count). The zero-order chi connectivity index (χ0) is 52.5. The van der Waals surface area contributed by atoms with Crippen molar-refractivity contribution in [3.05, 3.63) is 319 Å². The molecule has 0 unspecified atom stereocenters. The lowest BCUT2D eigenvalue weighted by Crippen LogP contribution is -2.28. The van der Waals surface area contributed by atoms with Gasteiger partial charge in [0.15, 0.2) is 0 Å². The molecule has 0 atom stereocenters. The van der Waals surface area contributed by atoms with E-state index in [4.69, 9.17) is 0 Å². The maximum atomic E-state index is 9.79. The zero-order valence-electron chi connectivity index (χ0n) is 44.3. The third-order valence-corrected chi connectivity index (χ3v) is 14.9. The number of benzene rings is 12. The predicted octanol–water partition coefficient (Wildman–Crippen LogP) is 18.9. The Hall–Kier alpha value is -9.70. The number of hydrogen-bond donors (Lipinski definition) is 0. The van der Waals surface area contributed by atoms with E-state index in [1.165, 1.54) is 33.4 Å². The van der Waals surface area contributed by atoms with Crippen LogP contribution < -0.4 is 9.80 Å². The number of nitrogens with zero attached hydrogens (tertiary/aromatic N) is 3. The Morgan fingerprint density at radius 1 is 0.311 bits per heavy atom. The van der Waals surface area contributed by atoms with Gasteiger partial charge in [0.1, 0.15) is 0 Å². The van der Waals surface area contributed by atoms with Crippen LogP contribution in [0.2, 0.25) is 0 Å². The molecule has 3 heteroatoms. The topological polar surface area (TPSA) is 11.4 Å². The molecule has 0 aliphatic heterocycles. The van der Waals surface area contributed by atoms with E-state index in [-0.39, 0.29) is 35.4 Å². The molecular formula is C71H49N3. The number of anilines is 6. The van der Waals surface area contributed by atoms with E-state index >= 15 is 0 Å². The van der Waals surface area contributed by atoms with Crippen molar-refractivity contribution in [1.82, 2.24) is 4.57 Å². The summed E-state index contributed by atoms with van der Waals surface area (Å²) in [5.74, 6) is 0. The fraction of sp³-hybridized carbons (Fsp3) is 0.0141. The Bertz CT molecular complexity index is 4320. The van der Waals surface area contributed by atoms with E-state index in [0.717, 1.165) is 66.7 Å². The Kier molecular flexibility index (Phi) is 9.41. The molecule has 0 bridgehead atoms. The van der Waals surface area contributed by atoms with Gasteiger partial charge in [0, 0.05) is 50.3 Å². The number of hydrogen-bond acceptors (Lipinski definition) is 2. The molecule has 12 aromatic carbocycles. The number of aromatic nitrogens is 1. The molecule has 0 saturated carbocycles. The van der Waals surface area contributed by atoms with E-state index in [1.807, 2.05) is 89.8 Å². The van der Waals surface area contributed by atoms with Crippen LogP contribution in [-0.4, -0.2) is 4.57 Å². The minimum atomic E-state index is -0.644. The fourth-order valence-corrected chi connectivity index (χ4v) is 11.8. The van der Waals surface area contributed by atoms with Gasteiger partial charge in [0.05, 0.1) is 27.6 Å². The van der Waals surface area contributed by atoms with Gasteiger partial charge >= 0.3 is 0 Å². The first-order chi connectivity index (χ1) is 38.4. The molecule has 0 N–H and O–H groups in total. The molecule has 0 fully saturated rings. The van der Waals surface area contributed by atoms with Crippen molar-refractivity contribution in [3.63, 3.8) is 0 Å². The average molecular weight is 948 g/mol. The van der Waals surface area contributed by atoms with Crippen molar-refractivity contribution < 1.29 is 5.48 Å². The molecule has 0 radical (unpaired) electrons. The Balaban J connectivity index is 1.02. The van der Waals surface area contributed by atoms with Crippen LogP contribution in [-0.2, 0) is 5.41 Å². The summed E-state index contributed by atoms with van der Waals surface area (Å²) in [6.45, 7) is 0. The minimum Gasteiger partial charge on any atom is -0.311 e. The highest BCUT2D eigenvalue weighted by Gasteiger charge is 2.46. The van der Waals surface area contributed by atoms with E-state index < -0.39 is 5.41 Å². The van der Waals surface area contributed by atoms with Gasteiger partial charge in [-0.1, -0.05) is 206 Å². The highest BCUT2D eigenvalue weighted by Crippen LogP contribution is 2.57. The van der Waals surface area contributed by atoms with Crippen LogP contribution in [0.5, 0.6) is 0 Å². The number of para-hydroxylation sites is 4. The van der Waals surface area contributed by atoms with Crippen molar-refractivity contribution in [2.45, 2.75) is 5.41 Å². The SMILES string of the molecule is [2H]c1c([2H])c(N(c2ccccc2)c2ccccc2)c([2H])c([2H])c1-c1cccc2c(N(c3ccc4c(c3)C(c3ccccc3)(c3ccccc3)c3ccccc3-4)c3ccc4c(c3)c3ccccc3n4-c3ccccc3)cccc12. The fourth-order valence-electron chi connectivity index (χ4n) is 11.8. The molecule has 13 aromatic rings. The van der Waals surface area contributed by atoms with Crippen molar-refractivity contribution in [3.8, 4) is 27.9 Å². The molecule has 348 valence electrons. The quantitative estimate of drug-likeness (QED) is 0.135. The monoisotopic (exact) mass is 947 g/mol. The first-order valence-corrected chi connectivity index (χ1v) is 25.2. The second-order valence-electron chi connectivity index (χ2n) is 18.9. The van der Waals surface area contributed by atoms with E-state index in [2.05, 4.69) is 198 Å². The van der Waals surface area contributed by atoms with Gasteiger partial charge in [-0.15, -0.1) is 0 Å². The highest BCUT2D eigenvalue weighted by molar-refractivity contribution is 6.12. The third kappa shape index (κ3) is 6.89. The minimum absolute atomic E-state index is 0.116. The van der Waals surface area contributed by atoms with Gasteiger partial charge in [0.2, 0.25) is 0 Å². The lowest BCUT2D eigenvalue weighted by Gasteiger charge is -2.35. The third-order valence-electron chi connectivity index (χ3n) is 14.9. The molecule has 1 aliphatic rings. The van der Waals surface area contributed by atoms with Crippen molar-refractivity contribution >= 4 is 66.7 Å². The summed E-state index contributed by atoms with van der Waals surface area (Å²) in [5.41, 5.74) is 15.1. The lowest BCUT2D eigenvalue weighted by atomic mass is 9.67. The van der Waals surface area contributed by atoms with Crippen molar-refractivity contribution in [1.29, 1.82) is 0 Å². The predicted molar refractivity (Wildman–Crippen MR) is 310 cm³/mol. The van der Waals surface area contributed by atoms with Crippen LogP contribution in [0, 0.1) is 0 Å². The van der Waals surface area contributed by atoms with Crippen LogP contribution in [0.3, 0.4) is 0 Å². The van der Waals surface area contributed by atoms with Crippen molar-refractivity contribution in [2.24, 2.45) is 0 Å². The maximum Gasteiger partial charge on any atom is 0.0714 e. The van der Waals surface area contributed by atoms with Crippen LogP contribution >= 0.6 is 0 Å². The Morgan fingerprint density at radius 3 is 1.53 bits per heavy atom. The van der Waals surface area contributed by atoms with E-state index in [9.17, 15) is 5.48 Å². The largest absolute Gasteiger partial charge is 0.311 e. The summed E-state index contributed by atoms with van der Waals surface area (Å²) in [5, 5.41) is 3.94. The standard InChI is InChI=1S/C71H49N3/c1-6-22-51(23-7-1)71(52-24-8-2-9-25-52)66-37-18-16-32-61(66)62-46-44-58(49-67(62)71)73(57-45-47-70-65(48-57)64-33-17-19-38-69(64)74(70)55-30-14-5-15-31-55)68-39-21-35-60-59(34-20-36-63(60)68)50-40-42-56(43-41-50)72(53-26-10-3-11-27-53)54-28-12-4-13-29-54/h1-49H/i40D,41D,42D,43D. The second-order valence-corrected chi connectivity index (χ2v) is 18.9. The van der Waals surface area contributed by atoms with Gasteiger partial charge in [-0.25, -0.2) is 0 Å². The normalized spacial score (nSPS) is 13.2. The van der Waals surface area contributed by atoms with Crippen LogP contribution in [0.15, 0.2) is 297 Å². The Morgan fingerprint density at radius 2 is 0.824 bits per heavy atom. The smallest absolute Gasteiger partial charge is 0.0714 e. The molecule has 1 heterocycles. The zero-order valence-corrected chi connectivity index (χ0v) is 40.3. The maximum absolute atomic E-state index is 9.79. The van der Waals surface area contributed by atoms with Gasteiger partial charge in [0.25, 0.3) is 0 Å². The summed E-state index contributed by atoms with van der Waals surface area (Å²) in [4.78, 5) is 4.18. The molecule has 1 aliphatic carbocycles. The van der Waals surface area contributed by atoms with Crippen molar-refractivity contribution in [2.75, 3.05) is 9.80 Å². The Labute approximate surface area is 437 Å². The lowest BCUT2D eigenvalue weighted by molar-refractivity contribution is 0.768. The molecule has 0 saturated heterocycles. The molecule has 74 heavy (non-hydrogen) atoms. The molecule has 1 aromatic heterocycles. The van der Waals surface area contributed by atoms with Gasteiger partial charge in [-0.05, 0) is 141 Å². The molecular weight excluding hydrogens is 895 g/mol. The summed E-state index contributed by atoms with van der Waals surface area (Å²) >= 11 is 0. The second kappa shape index (κ2) is 17.9. The van der Waals surface area contributed by atoms with Gasteiger partial charge in [-0.3, -0.25) is 0 Å². The van der Waals surface area contributed by atoms with E-state index in [0.29, 0.717) is 5.56 Å². The van der Waals surface area contributed by atoms with Crippen LogP contribution in [0.1, 0.15) is 27.7 Å². The molecule has 0 spiro atoms. The number of rotatable bonds is 10. The summed E-state index contributed by atoms with van der Waals surface area (Å²) < 4.78 is 41.3. The van der Waals surface area contributed by atoms with Crippen LogP contribution in [0.25, 0.3) is 60.5 Å². The summed E-state index contributed by atoms with van der Waals surface area (Å²) in [7, 11) is 0. The first kappa shape index (κ1) is 39.0. The average Bonchev–Trinajstić information content (AvgIpc) is 3.38. The van der Waals surface area contributed by atoms with Gasteiger partial charge in [-0.2, -0.15) is 0 Å². The molecule has 3 nitrogen and oxygen atoms in total.